The zero-order chi connectivity index (χ0) is 15.3. The van der Waals surface area contributed by atoms with E-state index in [1.807, 2.05) is 0 Å². The van der Waals surface area contributed by atoms with Gasteiger partial charge in [-0.25, -0.2) is 0 Å². The van der Waals surface area contributed by atoms with Crippen molar-refractivity contribution in [3.8, 4) is 0 Å². The first kappa shape index (κ1) is 16.4. The van der Waals surface area contributed by atoms with Gasteiger partial charge in [-0.05, 0) is 36.5 Å². The Balaban J connectivity index is 2.33. The average molecular weight is 321 g/mol. The van der Waals surface area contributed by atoms with E-state index >= 15 is 0 Å². The van der Waals surface area contributed by atoms with Crippen molar-refractivity contribution in [3.05, 3.63) is 70.8 Å². The van der Waals surface area contributed by atoms with E-state index in [0.717, 1.165) is 12.8 Å². The van der Waals surface area contributed by atoms with Gasteiger partial charge in [0.15, 0.2) is 0 Å². The summed E-state index contributed by atoms with van der Waals surface area (Å²) < 4.78 is 0. The minimum Gasteiger partial charge on any atom is -0.126 e. The number of aryl methyl sites for hydroxylation is 2. The third-order valence-electron chi connectivity index (χ3n) is 4.12. The topological polar surface area (TPSA) is 0 Å². The third kappa shape index (κ3) is 3.81. The molecular formula is C19H22Cl2. The second-order valence-electron chi connectivity index (χ2n) is 5.76. The van der Waals surface area contributed by atoms with Crippen LogP contribution in [0.5, 0.6) is 0 Å². The van der Waals surface area contributed by atoms with Gasteiger partial charge in [0.1, 0.15) is 0 Å². The summed E-state index contributed by atoms with van der Waals surface area (Å²) in [5, 5.41) is 0. The predicted molar refractivity (Wildman–Crippen MR) is 93.8 cm³/mol. The van der Waals surface area contributed by atoms with Crippen LogP contribution >= 0.6 is 23.2 Å². The Kier molecular flexibility index (Phi) is 5.72. The summed E-state index contributed by atoms with van der Waals surface area (Å²) in [6.45, 7) is 4.27. The number of halogens is 2. The molecule has 0 unspecified atom stereocenters. The summed E-state index contributed by atoms with van der Waals surface area (Å²) >= 11 is 12.7. The van der Waals surface area contributed by atoms with E-state index in [4.69, 9.17) is 23.2 Å². The molecule has 0 amide bonds. The second-order valence-corrected chi connectivity index (χ2v) is 6.30. The molecule has 0 saturated heterocycles. The van der Waals surface area contributed by atoms with Crippen LogP contribution in [0.2, 0.25) is 0 Å². The van der Waals surface area contributed by atoms with Crippen molar-refractivity contribution in [1.82, 2.24) is 0 Å². The van der Waals surface area contributed by atoms with Crippen LogP contribution in [0.25, 0.3) is 0 Å². The fourth-order valence-corrected chi connectivity index (χ4v) is 3.43. The molecule has 0 fully saturated rings. The Morgan fingerprint density at radius 3 is 2.05 bits per heavy atom. The largest absolute Gasteiger partial charge is 0.126 e. The van der Waals surface area contributed by atoms with E-state index in [-0.39, 0.29) is 5.41 Å². The molecule has 0 heterocycles. The van der Waals surface area contributed by atoms with E-state index < -0.39 is 0 Å². The number of benzene rings is 2. The van der Waals surface area contributed by atoms with Crippen LogP contribution in [0.4, 0.5) is 0 Å². The summed E-state index contributed by atoms with van der Waals surface area (Å²) in [5.41, 5.74) is 4.91. The smallest absolute Gasteiger partial charge is 0.0335 e. The van der Waals surface area contributed by atoms with Crippen molar-refractivity contribution in [2.24, 2.45) is 0 Å². The number of hydrogen-bond acceptors (Lipinski definition) is 0. The van der Waals surface area contributed by atoms with Crippen molar-refractivity contribution >= 4 is 23.2 Å². The van der Waals surface area contributed by atoms with E-state index in [9.17, 15) is 0 Å². The highest BCUT2D eigenvalue weighted by Crippen LogP contribution is 2.32. The Labute approximate surface area is 138 Å². The molecule has 0 saturated carbocycles. The molecule has 21 heavy (non-hydrogen) atoms. The van der Waals surface area contributed by atoms with Crippen LogP contribution < -0.4 is 0 Å². The van der Waals surface area contributed by atoms with Crippen molar-refractivity contribution < 1.29 is 0 Å². The highest BCUT2D eigenvalue weighted by Gasteiger charge is 2.31. The first-order valence-electron chi connectivity index (χ1n) is 7.40. The fraction of sp³-hybridized carbons (Fsp3) is 0.368. The van der Waals surface area contributed by atoms with Gasteiger partial charge in [-0.1, -0.05) is 61.0 Å². The van der Waals surface area contributed by atoms with E-state index in [0.29, 0.717) is 11.8 Å². The molecule has 0 aliphatic rings. The monoisotopic (exact) mass is 320 g/mol. The molecule has 0 spiro atoms. The maximum Gasteiger partial charge on any atom is 0.0335 e. The minimum atomic E-state index is -0.205. The normalized spacial score (nSPS) is 11.6. The Morgan fingerprint density at radius 2 is 1.52 bits per heavy atom. The SMILES string of the molecule is CCc1ccc(CC(CCl)(CCl)c2cccc(C)c2)cc1. The molecule has 0 radical (unpaired) electrons. The average Bonchev–Trinajstić information content (AvgIpc) is 2.53. The van der Waals surface area contributed by atoms with Crippen molar-refractivity contribution in [2.75, 3.05) is 11.8 Å². The lowest BCUT2D eigenvalue weighted by atomic mass is 9.78. The van der Waals surface area contributed by atoms with E-state index in [1.54, 1.807) is 0 Å². The van der Waals surface area contributed by atoms with Gasteiger partial charge in [0.2, 0.25) is 0 Å². The number of rotatable bonds is 6. The molecule has 0 bridgehead atoms. The van der Waals surface area contributed by atoms with Crippen LogP contribution in [0.15, 0.2) is 48.5 Å². The van der Waals surface area contributed by atoms with Crippen molar-refractivity contribution in [1.29, 1.82) is 0 Å². The Bertz CT molecular complexity index is 568. The molecule has 112 valence electrons. The van der Waals surface area contributed by atoms with E-state index in [1.165, 1.54) is 22.3 Å². The van der Waals surface area contributed by atoms with Gasteiger partial charge in [0.05, 0.1) is 0 Å². The first-order valence-corrected chi connectivity index (χ1v) is 8.47. The van der Waals surface area contributed by atoms with Crippen LogP contribution in [0.3, 0.4) is 0 Å². The lowest BCUT2D eigenvalue weighted by molar-refractivity contribution is 0.536. The molecule has 2 heteroatoms. The first-order chi connectivity index (χ1) is 10.1. The quantitative estimate of drug-likeness (QED) is 0.615. The zero-order valence-electron chi connectivity index (χ0n) is 12.7. The maximum absolute atomic E-state index is 6.34. The van der Waals surface area contributed by atoms with Crippen molar-refractivity contribution in [2.45, 2.75) is 32.1 Å². The lowest BCUT2D eigenvalue weighted by Crippen LogP contribution is -2.33. The summed E-state index contributed by atoms with van der Waals surface area (Å²) in [4.78, 5) is 0. The van der Waals surface area contributed by atoms with Gasteiger partial charge in [0.25, 0.3) is 0 Å². The van der Waals surface area contributed by atoms with Crippen LogP contribution in [0.1, 0.15) is 29.2 Å². The molecule has 0 aliphatic carbocycles. The van der Waals surface area contributed by atoms with Gasteiger partial charge in [-0.15, -0.1) is 23.2 Å². The van der Waals surface area contributed by atoms with E-state index in [2.05, 4.69) is 62.4 Å². The van der Waals surface area contributed by atoms with Gasteiger partial charge in [0, 0.05) is 17.2 Å². The van der Waals surface area contributed by atoms with Crippen LogP contribution in [0, 0.1) is 6.92 Å². The van der Waals surface area contributed by atoms with Gasteiger partial charge < -0.3 is 0 Å². The molecule has 2 aromatic carbocycles. The highest BCUT2D eigenvalue weighted by molar-refractivity contribution is 6.22. The second kappa shape index (κ2) is 7.33. The zero-order valence-corrected chi connectivity index (χ0v) is 14.2. The summed E-state index contributed by atoms with van der Waals surface area (Å²) in [5.74, 6) is 1.05. The van der Waals surface area contributed by atoms with Gasteiger partial charge in [-0.2, -0.15) is 0 Å². The lowest BCUT2D eigenvalue weighted by Gasteiger charge is -2.31. The summed E-state index contributed by atoms with van der Waals surface area (Å²) in [7, 11) is 0. The predicted octanol–water partition coefficient (Wildman–Crippen LogP) is 5.52. The Morgan fingerprint density at radius 1 is 0.905 bits per heavy atom. The Hall–Kier alpha value is -0.980. The molecule has 0 aromatic heterocycles. The molecule has 2 aromatic rings. The molecule has 0 N–H and O–H groups in total. The highest BCUT2D eigenvalue weighted by atomic mass is 35.5. The molecule has 2 rings (SSSR count). The number of alkyl halides is 2. The van der Waals surface area contributed by atoms with Crippen LogP contribution in [-0.2, 0) is 18.3 Å². The minimum absolute atomic E-state index is 0.205. The third-order valence-corrected chi connectivity index (χ3v) is 5.14. The van der Waals surface area contributed by atoms with Gasteiger partial charge in [-0.3, -0.25) is 0 Å². The maximum atomic E-state index is 6.34. The summed E-state index contributed by atoms with van der Waals surface area (Å²) in [6.07, 6.45) is 1.93. The van der Waals surface area contributed by atoms with Crippen LogP contribution in [-0.4, -0.2) is 11.8 Å². The standard InChI is InChI=1S/C19H22Cl2/c1-3-16-7-9-17(10-8-16)12-19(13-20,14-21)18-6-4-5-15(2)11-18/h4-11H,3,12-14H2,1-2H3. The molecule has 0 nitrogen and oxygen atoms in total. The molecule has 0 aliphatic heterocycles. The number of hydrogen-bond donors (Lipinski definition) is 0. The summed E-state index contributed by atoms with van der Waals surface area (Å²) in [6, 6.07) is 17.3. The molecule has 0 atom stereocenters. The van der Waals surface area contributed by atoms with Crippen molar-refractivity contribution in [3.63, 3.8) is 0 Å². The molecular weight excluding hydrogens is 299 g/mol. The fourth-order valence-electron chi connectivity index (χ4n) is 2.65. The van der Waals surface area contributed by atoms with Gasteiger partial charge >= 0.3 is 0 Å².